The molecule has 1 aliphatic rings. The zero-order valence-corrected chi connectivity index (χ0v) is 12.1. The van der Waals surface area contributed by atoms with Gasteiger partial charge in [0, 0.05) is 39.3 Å². The van der Waals surface area contributed by atoms with E-state index in [1.807, 2.05) is 12.1 Å². The first kappa shape index (κ1) is 14.7. The zero-order chi connectivity index (χ0) is 14.2. The number of nitrogens with zero attached hydrogens (tertiary/aromatic N) is 2. The minimum absolute atomic E-state index is 0.654. The number of rotatable bonds is 6. The Kier molecular flexibility index (Phi) is 5.72. The molecule has 0 radical (unpaired) electrons. The Morgan fingerprint density at radius 2 is 2.00 bits per heavy atom. The number of nitrogens with one attached hydrogen (secondary N) is 1. The van der Waals surface area contributed by atoms with Crippen LogP contribution in [0, 0.1) is 12.3 Å². The van der Waals surface area contributed by atoms with E-state index < -0.39 is 0 Å². The Morgan fingerprint density at radius 1 is 1.25 bits per heavy atom. The molecule has 0 saturated carbocycles. The van der Waals surface area contributed by atoms with Crippen molar-refractivity contribution in [2.45, 2.75) is 0 Å². The van der Waals surface area contributed by atoms with Crippen molar-refractivity contribution in [1.29, 1.82) is 0 Å². The molecule has 4 heteroatoms. The van der Waals surface area contributed by atoms with Crippen molar-refractivity contribution in [3.8, 4) is 18.1 Å². The van der Waals surface area contributed by atoms with Crippen LogP contribution in [0.3, 0.4) is 0 Å². The molecular formula is C16H23N3O. The maximum absolute atomic E-state index is 5.43. The van der Waals surface area contributed by atoms with Crippen molar-refractivity contribution in [2.24, 2.45) is 0 Å². The van der Waals surface area contributed by atoms with Crippen LogP contribution >= 0.6 is 0 Å². The van der Waals surface area contributed by atoms with Gasteiger partial charge in [-0.15, -0.1) is 6.42 Å². The van der Waals surface area contributed by atoms with Gasteiger partial charge in [0.15, 0.2) is 0 Å². The van der Waals surface area contributed by atoms with Crippen molar-refractivity contribution in [3.63, 3.8) is 0 Å². The molecule has 20 heavy (non-hydrogen) atoms. The molecule has 1 aliphatic heterocycles. The number of para-hydroxylation sites is 2. The van der Waals surface area contributed by atoms with Crippen molar-refractivity contribution in [2.75, 3.05) is 57.8 Å². The quantitative estimate of drug-likeness (QED) is 0.619. The summed E-state index contributed by atoms with van der Waals surface area (Å²) in [6, 6.07) is 8.22. The van der Waals surface area contributed by atoms with E-state index >= 15 is 0 Å². The van der Waals surface area contributed by atoms with Gasteiger partial charge < -0.3 is 15.0 Å². The van der Waals surface area contributed by atoms with E-state index in [2.05, 4.69) is 33.2 Å². The number of ether oxygens (including phenoxy) is 1. The maximum atomic E-state index is 5.43. The summed E-state index contributed by atoms with van der Waals surface area (Å²) in [5.41, 5.74) is 1.19. The van der Waals surface area contributed by atoms with Crippen molar-refractivity contribution < 1.29 is 4.74 Å². The second kappa shape index (κ2) is 7.78. The molecular weight excluding hydrogens is 250 g/mol. The Balaban J connectivity index is 1.81. The Bertz CT molecular complexity index is 447. The molecule has 0 unspecified atom stereocenters. The summed E-state index contributed by atoms with van der Waals surface area (Å²) in [4.78, 5) is 4.86. The number of terminal acetylenes is 1. The number of hydrogen-bond donors (Lipinski definition) is 1. The Morgan fingerprint density at radius 3 is 2.70 bits per heavy atom. The number of methoxy groups -OCH3 is 1. The minimum atomic E-state index is 0.654. The normalized spacial score (nSPS) is 15.9. The van der Waals surface area contributed by atoms with Gasteiger partial charge in [0.1, 0.15) is 5.75 Å². The fourth-order valence-electron chi connectivity index (χ4n) is 2.50. The summed E-state index contributed by atoms with van der Waals surface area (Å²) in [7, 11) is 1.73. The first-order valence-electron chi connectivity index (χ1n) is 7.09. The molecule has 2 rings (SSSR count). The third kappa shape index (κ3) is 3.89. The summed E-state index contributed by atoms with van der Waals surface area (Å²) < 4.78 is 5.43. The molecule has 1 saturated heterocycles. The van der Waals surface area contributed by atoms with Crippen LogP contribution in [0.15, 0.2) is 24.3 Å². The van der Waals surface area contributed by atoms with E-state index in [4.69, 9.17) is 11.2 Å². The molecule has 0 bridgehead atoms. The summed E-state index contributed by atoms with van der Waals surface area (Å²) in [5, 5.41) is 3.23. The molecule has 1 fully saturated rings. The maximum Gasteiger partial charge on any atom is 0.142 e. The summed E-state index contributed by atoms with van der Waals surface area (Å²) in [5.74, 6) is 3.55. The summed E-state index contributed by atoms with van der Waals surface area (Å²) in [6.45, 7) is 6.90. The SMILES string of the molecule is C#CCNCCN1CCN(c2ccccc2OC)CC1. The van der Waals surface area contributed by atoms with Crippen LogP contribution in [-0.2, 0) is 0 Å². The molecule has 1 aromatic rings. The molecule has 0 atom stereocenters. The standard InChI is InChI=1S/C16H23N3O/c1-3-8-17-9-10-18-11-13-19(14-12-18)15-6-4-5-7-16(15)20-2/h1,4-7,17H,8-14H2,2H3. The predicted octanol–water partition coefficient (Wildman–Crippen LogP) is 1.04. The monoisotopic (exact) mass is 273 g/mol. The Hall–Kier alpha value is -1.70. The molecule has 0 aromatic heterocycles. The fourth-order valence-corrected chi connectivity index (χ4v) is 2.50. The summed E-state index contributed by atoms with van der Waals surface area (Å²) >= 11 is 0. The van der Waals surface area contributed by atoms with E-state index in [0.717, 1.165) is 45.0 Å². The zero-order valence-electron chi connectivity index (χ0n) is 12.1. The van der Waals surface area contributed by atoms with E-state index in [9.17, 15) is 0 Å². The van der Waals surface area contributed by atoms with Crippen LogP contribution in [0.2, 0.25) is 0 Å². The van der Waals surface area contributed by atoms with Crippen LogP contribution in [0.4, 0.5) is 5.69 Å². The second-order valence-electron chi connectivity index (χ2n) is 4.88. The molecule has 108 valence electrons. The predicted molar refractivity (Wildman–Crippen MR) is 83.3 cm³/mol. The molecule has 4 nitrogen and oxygen atoms in total. The third-order valence-corrected chi connectivity index (χ3v) is 3.63. The first-order valence-corrected chi connectivity index (χ1v) is 7.09. The van der Waals surface area contributed by atoms with E-state index in [1.165, 1.54) is 5.69 Å². The third-order valence-electron chi connectivity index (χ3n) is 3.63. The number of piperazine rings is 1. The summed E-state index contributed by atoms with van der Waals surface area (Å²) in [6.07, 6.45) is 5.21. The fraction of sp³-hybridized carbons (Fsp3) is 0.500. The van der Waals surface area contributed by atoms with Gasteiger partial charge in [-0.3, -0.25) is 4.90 Å². The molecule has 0 aliphatic carbocycles. The molecule has 1 N–H and O–H groups in total. The van der Waals surface area contributed by atoms with Gasteiger partial charge in [-0.25, -0.2) is 0 Å². The number of hydrogen-bond acceptors (Lipinski definition) is 4. The molecule has 1 heterocycles. The minimum Gasteiger partial charge on any atom is -0.495 e. The molecule has 0 amide bonds. The van der Waals surface area contributed by atoms with Crippen LogP contribution in [0.5, 0.6) is 5.75 Å². The Labute approximate surface area is 121 Å². The van der Waals surface area contributed by atoms with Gasteiger partial charge in [0.2, 0.25) is 0 Å². The van der Waals surface area contributed by atoms with Crippen molar-refractivity contribution in [3.05, 3.63) is 24.3 Å². The molecule has 1 aromatic carbocycles. The van der Waals surface area contributed by atoms with Gasteiger partial charge in [-0.1, -0.05) is 18.1 Å². The van der Waals surface area contributed by atoms with Crippen LogP contribution in [0.1, 0.15) is 0 Å². The first-order chi connectivity index (χ1) is 9.85. The van der Waals surface area contributed by atoms with E-state index in [0.29, 0.717) is 6.54 Å². The highest BCUT2D eigenvalue weighted by atomic mass is 16.5. The lowest BCUT2D eigenvalue weighted by Gasteiger charge is -2.36. The van der Waals surface area contributed by atoms with E-state index in [-0.39, 0.29) is 0 Å². The van der Waals surface area contributed by atoms with Crippen LogP contribution in [-0.4, -0.2) is 57.8 Å². The van der Waals surface area contributed by atoms with Gasteiger partial charge in [0.25, 0.3) is 0 Å². The van der Waals surface area contributed by atoms with Crippen molar-refractivity contribution >= 4 is 5.69 Å². The lowest BCUT2D eigenvalue weighted by molar-refractivity contribution is 0.258. The average Bonchev–Trinajstić information content (AvgIpc) is 2.52. The van der Waals surface area contributed by atoms with Gasteiger partial charge in [0.05, 0.1) is 19.3 Å². The topological polar surface area (TPSA) is 27.7 Å². The second-order valence-corrected chi connectivity index (χ2v) is 4.88. The van der Waals surface area contributed by atoms with Crippen LogP contribution < -0.4 is 15.0 Å². The van der Waals surface area contributed by atoms with Gasteiger partial charge in [-0.05, 0) is 12.1 Å². The highest BCUT2D eigenvalue weighted by Gasteiger charge is 2.18. The lowest BCUT2D eigenvalue weighted by Crippen LogP contribution is -2.48. The smallest absolute Gasteiger partial charge is 0.142 e. The number of benzene rings is 1. The highest BCUT2D eigenvalue weighted by Crippen LogP contribution is 2.28. The van der Waals surface area contributed by atoms with Crippen molar-refractivity contribution in [1.82, 2.24) is 10.2 Å². The molecule has 0 spiro atoms. The highest BCUT2D eigenvalue weighted by molar-refractivity contribution is 5.58. The van der Waals surface area contributed by atoms with E-state index in [1.54, 1.807) is 7.11 Å². The largest absolute Gasteiger partial charge is 0.495 e. The number of anilines is 1. The lowest BCUT2D eigenvalue weighted by atomic mass is 10.2. The average molecular weight is 273 g/mol. The van der Waals surface area contributed by atoms with Gasteiger partial charge >= 0.3 is 0 Å². The van der Waals surface area contributed by atoms with Gasteiger partial charge in [-0.2, -0.15) is 0 Å². The van der Waals surface area contributed by atoms with Crippen LogP contribution in [0.25, 0.3) is 0 Å².